The van der Waals surface area contributed by atoms with Crippen molar-refractivity contribution in [1.29, 1.82) is 0 Å². The van der Waals surface area contributed by atoms with Gasteiger partial charge in [-0.3, -0.25) is 9.59 Å². The van der Waals surface area contributed by atoms with E-state index >= 15 is 0 Å². The van der Waals surface area contributed by atoms with Gasteiger partial charge >= 0.3 is 0 Å². The molecule has 0 bridgehead atoms. The molecule has 0 unspecified atom stereocenters. The summed E-state index contributed by atoms with van der Waals surface area (Å²) in [6, 6.07) is 14.0. The first-order chi connectivity index (χ1) is 21.7. The molecule has 1 aliphatic heterocycles. The third-order valence-electron chi connectivity index (χ3n) is 6.76. The van der Waals surface area contributed by atoms with Gasteiger partial charge in [-0.2, -0.15) is 17.0 Å². The highest BCUT2D eigenvalue weighted by atomic mass is 32.2. The van der Waals surface area contributed by atoms with Crippen molar-refractivity contribution in [2.75, 3.05) is 36.9 Å². The number of amides is 2. The molecule has 1 fully saturated rings. The van der Waals surface area contributed by atoms with Gasteiger partial charge in [0.25, 0.3) is 10.2 Å². The number of hydrogen-bond donors (Lipinski definition) is 4. The molecule has 1 aliphatic rings. The van der Waals surface area contributed by atoms with E-state index < -0.39 is 72.6 Å². The van der Waals surface area contributed by atoms with Gasteiger partial charge in [0.1, 0.15) is 36.9 Å². The Kier molecular flexibility index (Phi) is 10.7. The predicted octanol–water partition coefficient (Wildman–Crippen LogP) is 1.66. The minimum Gasteiger partial charge on any atom is -0.492 e. The minimum absolute atomic E-state index is 0.235. The van der Waals surface area contributed by atoms with Crippen LogP contribution in [0.15, 0.2) is 83.8 Å². The van der Waals surface area contributed by atoms with Crippen molar-refractivity contribution in [1.82, 2.24) is 18.6 Å². The number of aliphatic hydroxyl groups excluding tert-OH is 2. The van der Waals surface area contributed by atoms with Crippen LogP contribution >= 0.6 is 22.7 Å². The van der Waals surface area contributed by atoms with Crippen molar-refractivity contribution in [2.45, 2.75) is 24.3 Å². The summed E-state index contributed by atoms with van der Waals surface area (Å²) in [7, 11) is -4.79. The quantitative estimate of drug-likeness (QED) is 0.172. The third-order valence-corrected chi connectivity index (χ3v) is 10.1. The van der Waals surface area contributed by atoms with Crippen LogP contribution < -0.4 is 20.1 Å². The second-order valence-corrected chi connectivity index (χ2v) is 13.4. The minimum atomic E-state index is -4.79. The lowest BCUT2D eigenvalue weighted by molar-refractivity contribution is -0.118. The van der Waals surface area contributed by atoms with E-state index in [1.165, 1.54) is 12.4 Å². The van der Waals surface area contributed by atoms with Crippen LogP contribution in [-0.4, -0.2) is 99.6 Å². The molecule has 2 aromatic carbocycles. The molecular formula is C28H30N6O8S3. The average Bonchev–Trinajstić information content (AvgIpc) is 3.74. The smallest absolute Gasteiger partial charge is 0.283 e. The summed E-state index contributed by atoms with van der Waals surface area (Å²) in [4.78, 5) is 34.3. The number of aliphatic hydroxyl groups is 2. The lowest BCUT2D eigenvalue weighted by Gasteiger charge is -2.33. The Morgan fingerprint density at radius 3 is 1.49 bits per heavy atom. The van der Waals surface area contributed by atoms with E-state index in [9.17, 15) is 28.2 Å². The Morgan fingerprint density at radius 1 is 0.733 bits per heavy atom. The maximum Gasteiger partial charge on any atom is 0.283 e. The van der Waals surface area contributed by atoms with Crippen molar-refractivity contribution in [3.05, 3.63) is 83.8 Å². The number of benzene rings is 2. The van der Waals surface area contributed by atoms with E-state index in [0.29, 0.717) is 11.5 Å². The van der Waals surface area contributed by atoms with Crippen LogP contribution in [0.1, 0.15) is 0 Å². The first kappa shape index (κ1) is 32.4. The van der Waals surface area contributed by atoms with Gasteiger partial charge in [0.15, 0.2) is 10.3 Å². The van der Waals surface area contributed by atoms with Crippen LogP contribution in [0, 0.1) is 0 Å². The molecule has 1 saturated heterocycles. The second kappa shape index (κ2) is 14.9. The van der Waals surface area contributed by atoms with Crippen molar-refractivity contribution >= 4 is 55.0 Å². The fraction of sp³-hybridized carbons (Fsp3) is 0.286. The zero-order chi connectivity index (χ0) is 31.8. The Balaban J connectivity index is 1.50. The van der Waals surface area contributed by atoms with Crippen LogP contribution in [0.25, 0.3) is 0 Å². The number of para-hydroxylation sites is 2. The van der Waals surface area contributed by atoms with Gasteiger partial charge in [-0.1, -0.05) is 36.4 Å². The molecule has 2 aromatic heterocycles. The van der Waals surface area contributed by atoms with Gasteiger partial charge in [0.2, 0.25) is 11.8 Å². The highest BCUT2D eigenvalue weighted by molar-refractivity contribution is 7.86. The first-order valence-electron chi connectivity index (χ1n) is 13.6. The average molecular weight is 675 g/mol. The van der Waals surface area contributed by atoms with Gasteiger partial charge in [0.05, 0.1) is 25.2 Å². The predicted molar refractivity (Wildman–Crippen MR) is 167 cm³/mol. The topological polar surface area (TPSA) is 184 Å². The van der Waals surface area contributed by atoms with Crippen LogP contribution in [0.3, 0.4) is 0 Å². The summed E-state index contributed by atoms with van der Waals surface area (Å²) in [5, 5.41) is 31.9. The normalized spacial score (nSPS) is 21.8. The molecule has 14 nitrogen and oxygen atoms in total. The largest absolute Gasteiger partial charge is 0.492 e. The van der Waals surface area contributed by atoms with Gasteiger partial charge < -0.3 is 30.3 Å². The number of hydrogen-bond acceptors (Lipinski definition) is 12. The van der Waals surface area contributed by atoms with Gasteiger partial charge in [0, 0.05) is 23.2 Å². The summed E-state index contributed by atoms with van der Waals surface area (Å²) >= 11 is 2.26. The van der Waals surface area contributed by atoms with Gasteiger partial charge in [-0.15, -0.1) is 22.7 Å². The number of rotatable bonds is 12. The summed E-state index contributed by atoms with van der Waals surface area (Å²) in [6.07, 6.45) is -0.598. The van der Waals surface area contributed by atoms with E-state index in [-0.39, 0.29) is 10.3 Å². The number of aromatic nitrogens is 2. The molecule has 0 saturated carbocycles. The van der Waals surface area contributed by atoms with Crippen LogP contribution in [0.4, 0.5) is 10.3 Å². The molecule has 0 spiro atoms. The summed E-state index contributed by atoms with van der Waals surface area (Å²) in [5.74, 6) is -0.773. The van der Waals surface area contributed by atoms with E-state index in [1.807, 2.05) is 0 Å². The molecule has 5 rings (SSSR count). The standard InChI is InChI=1S/C28H30N6O8S3/c35-23(31-27-29-11-13-43-27)15-33-21(17-41-19-7-3-1-4-8-19)25(37)26(38)22(18-42-20-9-5-2-6-10-20)34(45(33,39)40)16-24(36)32-28-30-12-14-44-28/h1-14,21-22,25-26,37-38H,15-18H2,(H,29,31,35)(H,30,32,36)/t21-,22-,25+,26+/m0/s1. The third kappa shape index (κ3) is 8.20. The Hall–Kier alpha value is -3.97. The lowest BCUT2D eigenvalue weighted by Crippen LogP contribution is -2.56. The highest BCUT2D eigenvalue weighted by Crippen LogP contribution is 2.29. The fourth-order valence-electron chi connectivity index (χ4n) is 4.60. The highest BCUT2D eigenvalue weighted by Gasteiger charge is 2.52. The van der Waals surface area contributed by atoms with Crippen molar-refractivity contribution in [3.63, 3.8) is 0 Å². The van der Waals surface area contributed by atoms with Gasteiger partial charge in [-0.25, -0.2) is 9.97 Å². The zero-order valence-corrected chi connectivity index (χ0v) is 26.0. The van der Waals surface area contributed by atoms with Crippen LogP contribution in [0.5, 0.6) is 11.5 Å². The number of carbonyl (C=O) groups excluding carboxylic acids is 2. The molecule has 45 heavy (non-hydrogen) atoms. The van der Waals surface area contributed by atoms with Crippen LogP contribution in [0.2, 0.25) is 0 Å². The molecule has 4 atom stereocenters. The van der Waals surface area contributed by atoms with Crippen molar-refractivity contribution in [2.24, 2.45) is 0 Å². The zero-order valence-electron chi connectivity index (χ0n) is 23.6. The molecule has 2 amide bonds. The van der Waals surface area contributed by atoms with Crippen molar-refractivity contribution < 1.29 is 37.7 Å². The number of ether oxygens (including phenoxy) is 2. The molecule has 238 valence electrons. The molecule has 4 aromatic rings. The second-order valence-electron chi connectivity index (χ2n) is 9.73. The monoisotopic (exact) mass is 674 g/mol. The van der Waals surface area contributed by atoms with Gasteiger partial charge in [-0.05, 0) is 24.3 Å². The lowest BCUT2D eigenvalue weighted by atomic mass is 9.99. The summed E-state index contributed by atoms with van der Waals surface area (Å²) in [5.41, 5.74) is 0. The molecule has 17 heteroatoms. The molecule has 3 heterocycles. The molecule has 0 radical (unpaired) electrons. The van der Waals surface area contributed by atoms with Crippen molar-refractivity contribution in [3.8, 4) is 11.5 Å². The van der Waals surface area contributed by atoms with E-state index in [4.69, 9.17) is 9.47 Å². The van der Waals surface area contributed by atoms with E-state index in [1.54, 1.807) is 71.4 Å². The summed E-state index contributed by atoms with van der Waals surface area (Å²) in [6.45, 7) is -2.44. The Bertz CT molecular complexity index is 1510. The van der Waals surface area contributed by atoms with E-state index in [2.05, 4.69) is 20.6 Å². The number of nitrogens with zero attached hydrogens (tertiary/aromatic N) is 4. The maximum absolute atomic E-state index is 14.5. The number of anilines is 2. The molecular weight excluding hydrogens is 645 g/mol. The number of carbonyl (C=O) groups is 2. The van der Waals surface area contributed by atoms with E-state index in [0.717, 1.165) is 31.3 Å². The number of nitrogens with one attached hydrogen (secondary N) is 2. The maximum atomic E-state index is 14.5. The molecule has 0 aliphatic carbocycles. The Labute approximate surface area is 267 Å². The van der Waals surface area contributed by atoms with Crippen LogP contribution in [-0.2, 0) is 19.8 Å². The first-order valence-corrected chi connectivity index (χ1v) is 16.8. The SMILES string of the molecule is O=C(CN1[C@@H](COc2ccccc2)[C@@H](O)[C@H](O)[C@H](COc2ccccc2)N(CC(=O)Nc2nccs2)S1(=O)=O)Nc1nccs1. The number of thiazole rings is 2. The summed E-state index contributed by atoms with van der Waals surface area (Å²) < 4.78 is 42.1. The Morgan fingerprint density at radius 2 is 1.13 bits per heavy atom. The molecule has 4 N–H and O–H groups in total. The fourth-order valence-corrected chi connectivity index (χ4v) is 7.58.